The topological polar surface area (TPSA) is 41.1 Å². The van der Waals surface area contributed by atoms with Crippen LogP contribution in [0.2, 0.25) is 0 Å². The third-order valence-corrected chi connectivity index (χ3v) is 2.62. The summed E-state index contributed by atoms with van der Waals surface area (Å²) in [7, 11) is 0. The zero-order valence-electron chi connectivity index (χ0n) is 9.33. The van der Waals surface area contributed by atoms with E-state index in [1.165, 1.54) is 0 Å². The molecule has 1 fully saturated rings. The predicted molar refractivity (Wildman–Crippen MR) is 56.7 cm³/mol. The number of alkyl halides is 3. The van der Waals surface area contributed by atoms with E-state index in [2.05, 4.69) is 15.3 Å². The molecule has 0 saturated carbocycles. The normalized spacial score (nSPS) is 21.6. The summed E-state index contributed by atoms with van der Waals surface area (Å²) in [6.07, 6.45) is -2.72. The van der Waals surface area contributed by atoms with Crippen molar-refractivity contribution in [3.05, 3.63) is 18.0 Å². The maximum atomic E-state index is 12.3. The molecule has 0 bridgehead atoms. The molecule has 0 spiro atoms. The fraction of sp³-hybridized carbons (Fsp3) is 0.600. The summed E-state index contributed by atoms with van der Waals surface area (Å²) in [6, 6.07) is 0.287. The molecule has 0 aliphatic carbocycles. The van der Waals surface area contributed by atoms with Gasteiger partial charge in [0.15, 0.2) is 0 Å². The van der Waals surface area contributed by atoms with Crippen molar-refractivity contribution in [2.75, 3.05) is 24.5 Å². The lowest BCUT2D eigenvalue weighted by molar-refractivity contribution is -0.138. The van der Waals surface area contributed by atoms with Crippen LogP contribution in [0.5, 0.6) is 0 Å². The summed E-state index contributed by atoms with van der Waals surface area (Å²) in [5.41, 5.74) is -0.815. The Labute approximate surface area is 96.9 Å². The lowest BCUT2D eigenvalue weighted by atomic mass is 10.2. The Kier molecular flexibility index (Phi) is 3.19. The van der Waals surface area contributed by atoms with Crippen molar-refractivity contribution >= 4 is 5.95 Å². The molecular formula is C10H13F3N4. The first-order chi connectivity index (χ1) is 7.97. The molecule has 2 rings (SSSR count). The van der Waals surface area contributed by atoms with E-state index in [4.69, 9.17) is 0 Å². The minimum atomic E-state index is -4.38. The molecule has 0 aromatic carbocycles. The fourth-order valence-electron chi connectivity index (χ4n) is 1.74. The van der Waals surface area contributed by atoms with Gasteiger partial charge in [-0.05, 0) is 6.92 Å². The van der Waals surface area contributed by atoms with Crippen molar-refractivity contribution in [2.45, 2.75) is 19.1 Å². The van der Waals surface area contributed by atoms with Gasteiger partial charge in [-0.15, -0.1) is 0 Å². The van der Waals surface area contributed by atoms with Crippen LogP contribution in [0, 0.1) is 0 Å². The highest BCUT2D eigenvalue weighted by Gasteiger charge is 2.31. The number of hydrogen-bond donors (Lipinski definition) is 1. The van der Waals surface area contributed by atoms with Gasteiger partial charge in [-0.2, -0.15) is 13.2 Å². The minimum Gasteiger partial charge on any atom is -0.338 e. The van der Waals surface area contributed by atoms with Gasteiger partial charge in [0.05, 0.1) is 5.56 Å². The summed E-state index contributed by atoms with van der Waals surface area (Å²) in [5.74, 6) is 0.353. The second-order valence-corrected chi connectivity index (χ2v) is 4.07. The highest BCUT2D eigenvalue weighted by Crippen LogP contribution is 2.28. The van der Waals surface area contributed by atoms with Crippen molar-refractivity contribution in [1.29, 1.82) is 0 Å². The van der Waals surface area contributed by atoms with Gasteiger partial charge in [-0.3, -0.25) is 0 Å². The third-order valence-electron chi connectivity index (χ3n) is 2.62. The van der Waals surface area contributed by atoms with Crippen LogP contribution in [-0.2, 0) is 6.18 Å². The molecule has 7 heteroatoms. The maximum absolute atomic E-state index is 12.3. The average molecular weight is 246 g/mol. The van der Waals surface area contributed by atoms with Crippen LogP contribution in [-0.4, -0.2) is 35.6 Å². The van der Waals surface area contributed by atoms with E-state index in [0.29, 0.717) is 19.0 Å². The highest BCUT2D eigenvalue weighted by atomic mass is 19.4. The van der Waals surface area contributed by atoms with Crippen LogP contribution >= 0.6 is 0 Å². The Morgan fingerprint density at radius 1 is 1.35 bits per heavy atom. The lowest BCUT2D eigenvalue weighted by Crippen LogP contribution is -2.49. The molecule has 1 aromatic heterocycles. The molecule has 1 aliphatic heterocycles. The molecule has 4 nitrogen and oxygen atoms in total. The standard InChI is InChI=1S/C10H13F3N4/c1-7-6-17(3-2-14-7)9-15-4-8(5-16-9)10(11,12)13/h4-5,7,14H,2-3,6H2,1H3/t7-/m1/s1. The minimum absolute atomic E-state index is 0.287. The number of aromatic nitrogens is 2. The molecule has 1 N–H and O–H groups in total. The van der Waals surface area contributed by atoms with Crippen LogP contribution in [0.3, 0.4) is 0 Å². The van der Waals surface area contributed by atoms with E-state index in [0.717, 1.165) is 18.9 Å². The van der Waals surface area contributed by atoms with E-state index >= 15 is 0 Å². The molecule has 1 aliphatic rings. The number of halogens is 3. The molecule has 1 atom stereocenters. The maximum Gasteiger partial charge on any atom is 0.419 e. The van der Waals surface area contributed by atoms with Crippen LogP contribution in [0.25, 0.3) is 0 Å². The van der Waals surface area contributed by atoms with Gasteiger partial charge >= 0.3 is 6.18 Å². The Hall–Kier alpha value is -1.37. The van der Waals surface area contributed by atoms with Crippen LogP contribution in [0.15, 0.2) is 12.4 Å². The fourth-order valence-corrected chi connectivity index (χ4v) is 1.74. The molecule has 94 valence electrons. The zero-order valence-corrected chi connectivity index (χ0v) is 9.33. The number of piperazine rings is 1. The molecule has 0 amide bonds. The van der Waals surface area contributed by atoms with Gasteiger partial charge in [0, 0.05) is 38.1 Å². The first-order valence-corrected chi connectivity index (χ1v) is 5.34. The van der Waals surface area contributed by atoms with E-state index in [1.54, 1.807) is 0 Å². The van der Waals surface area contributed by atoms with Gasteiger partial charge in [-0.25, -0.2) is 9.97 Å². The van der Waals surface area contributed by atoms with Gasteiger partial charge in [0.1, 0.15) is 0 Å². The van der Waals surface area contributed by atoms with Crippen molar-refractivity contribution < 1.29 is 13.2 Å². The summed E-state index contributed by atoms with van der Waals surface area (Å²) in [4.78, 5) is 9.42. The number of hydrogen-bond acceptors (Lipinski definition) is 4. The highest BCUT2D eigenvalue weighted by molar-refractivity contribution is 5.31. The van der Waals surface area contributed by atoms with E-state index in [9.17, 15) is 13.2 Å². The quantitative estimate of drug-likeness (QED) is 0.810. The van der Waals surface area contributed by atoms with Crippen LogP contribution in [0.4, 0.5) is 19.1 Å². The summed E-state index contributed by atoms with van der Waals surface area (Å²) < 4.78 is 37.0. The molecule has 1 aromatic rings. The molecule has 0 radical (unpaired) electrons. The number of anilines is 1. The van der Waals surface area contributed by atoms with Gasteiger partial charge in [0.25, 0.3) is 0 Å². The zero-order chi connectivity index (χ0) is 12.5. The molecule has 2 heterocycles. The van der Waals surface area contributed by atoms with E-state index < -0.39 is 11.7 Å². The number of rotatable bonds is 1. The molecule has 1 saturated heterocycles. The Morgan fingerprint density at radius 3 is 2.53 bits per heavy atom. The predicted octanol–water partition coefficient (Wildman–Crippen LogP) is 1.29. The van der Waals surface area contributed by atoms with E-state index in [-0.39, 0.29) is 6.04 Å². The van der Waals surface area contributed by atoms with E-state index in [1.807, 2.05) is 11.8 Å². The molecular weight excluding hydrogens is 233 g/mol. The largest absolute Gasteiger partial charge is 0.419 e. The smallest absolute Gasteiger partial charge is 0.338 e. The van der Waals surface area contributed by atoms with Gasteiger partial charge in [-0.1, -0.05) is 0 Å². The molecule has 0 unspecified atom stereocenters. The first kappa shape index (κ1) is 12.1. The van der Waals surface area contributed by atoms with Gasteiger partial charge < -0.3 is 10.2 Å². The number of nitrogens with one attached hydrogen (secondary N) is 1. The van der Waals surface area contributed by atoms with Crippen molar-refractivity contribution in [3.8, 4) is 0 Å². The lowest BCUT2D eigenvalue weighted by Gasteiger charge is -2.31. The Bertz CT molecular complexity index is 376. The van der Waals surface area contributed by atoms with Crippen LogP contribution < -0.4 is 10.2 Å². The SMILES string of the molecule is C[C@@H]1CN(c2ncc(C(F)(F)F)cn2)CCN1. The summed E-state index contributed by atoms with van der Waals surface area (Å²) in [5, 5.41) is 3.24. The number of nitrogens with zero attached hydrogens (tertiary/aromatic N) is 3. The van der Waals surface area contributed by atoms with Gasteiger partial charge in [0.2, 0.25) is 5.95 Å². The third kappa shape index (κ3) is 2.85. The summed E-state index contributed by atoms with van der Waals surface area (Å²) in [6.45, 7) is 4.20. The Morgan fingerprint density at radius 2 is 2.00 bits per heavy atom. The average Bonchev–Trinajstić information content (AvgIpc) is 2.28. The first-order valence-electron chi connectivity index (χ1n) is 5.34. The molecule has 17 heavy (non-hydrogen) atoms. The monoisotopic (exact) mass is 246 g/mol. The van der Waals surface area contributed by atoms with Crippen molar-refractivity contribution in [3.63, 3.8) is 0 Å². The van der Waals surface area contributed by atoms with Crippen molar-refractivity contribution in [2.24, 2.45) is 0 Å². The Balaban J connectivity index is 2.12. The summed E-state index contributed by atoms with van der Waals surface area (Å²) >= 11 is 0. The van der Waals surface area contributed by atoms with Crippen molar-refractivity contribution in [1.82, 2.24) is 15.3 Å². The second-order valence-electron chi connectivity index (χ2n) is 4.07. The van der Waals surface area contributed by atoms with Crippen LogP contribution in [0.1, 0.15) is 12.5 Å². The second kappa shape index (κ2) is 4.48.